The van der Waals surface area contributed by atoms with E-state index in [0.29, 0.717) is 11.5 Å². The Bertz CT molecular complexity index is 2510. The molecule has 2 aromatic heterocycles. The van der Waals surface area contributed by atoms with E-state index in [1.54, 1.807) is 0 Å². The third-order valence-electron chi connectivity index (χ3n) is 10.4. The fourth-order valence-electron chi connectivity index (χ4n) is 7.51. The van der Waals surface area contributed by atoms with Crippen LogP contribution in [0.25, 0.3) is 27.6 Å². The Hall–Kier alpha value is -4.86. The van der Waals surface area contributed by atoms with Gasteiger partial charge in [-0.2, -0.15) is 12.7 Å². The summed E-state index contributed by atoms with van der Waals surface area (Å²) in [6, 6.07) is 46.0. The number of ether oxygens (including phenoxy) is 1. The molecule has 0 saturated heterocycles. The van der Waals surface area contributed by atoms with Crippen LogP contribution in [-0.4, -0.2) is 9.55 Å². The van der Waals surface area contributed by atoms with Crippen molar-refractivity contribution in [2.75, 3.05) is 9.80 Å². The topological polar surface area (TPSA) is 33.5 Å². The van der Waals surface area contributed by atoms with Crippen molar-refractivity contribution in [2.45, 2.75) is 85.1 Å². The molecule has 5 aromatic carbocycles. The van der Waals surface area contributed by atoms with Crippen molar-refractivity contribution in [2.24, 2.45) is 0 Å². The van der Waals surface area contributed by atoms with E-state index in [9.17, 15) is 0 Å². The zero-order chi connectivity index (χ0) is 38.0. The molecule has 55 heavy (non-hydrogen) atoms. The van der Waals surface area contributed by atoms with Crippen molar-refractivity contribution in [1.82, 2.24) is 9.55 Å². The molecule has 1 aliphatic heterocycles. The molecule has 6 heteroatoms. The monoisotopic (exact) mass is 904 g/mol. The smallest absolute Gasteiger partial charge is 0.135 e. The average molecular weight is 905 g/mol. The van der Waals surface area contributed by atoms with Crippen molar-refractivity contribution in [1.29, 1.82) is 0 Å². The van der Waals surface area contributed by atoms with E-state index in [0.717, 1.165) is 56.8 Å². The first kappa shape index (κ1) is 38.4. The molecule has 0 spiro atoms. The van der Waals surface area contributed by atoms with E-state index in [4.69, 9.17) is 9.72 Å². The first-order valence-electron chi connectivity index (χ1n) is 18.9. The zero-order valence-electron chi connectivity index (χ0n) is 33.3. The molecular weight excluding hydrogens is 856 g/mol. The standard InChI is InChI=1S/C49H49N4O.Pt/c1-47(2,3)34-24-25-50-46(28-34)53-42-19-13-11-17-39(42)40-23-22-37(30-45(40)53)54-38-27-35(48(4,5)6)26-36(29-38)52-32-51(43-20-14-15-21-44(43)52)31-33-16-10-12-18-41(33)49(7,8)9;/h10-28,32H,31H2,1-9H3;/q-3;. The maximum atomic E-state index is 6.75. The van der Waals surface area contributed by atoms with Crippen molar-refractivity contribution in [3.05, 3.63) is 156 Å². The van der Waals surface area contributed by atoms with Gasteiger partial charge < -0.3 is 19.1 Å². The van der Waals surface area contributed by atoms with Gasteiger partial charge in [0.15, 0.2) is 0 Å². The predicted octanol–water partition coefficient (Wildman–Crippen LogP) is 12.7. The molecule has 0 unspecified atom stereocenters. The molecule has 8 rings (SSSR count). The number of pyridine rings is 1. The molecule has 5 nitrogen and oxygen atoms in total. The van der Waals surface area contributed by atoms with Gasteiger partial charge >= 0.3 is 0 Å². The van der Waals surface area contributed by atoms with Gasteiger partial charge in [0.05, 0.1) is 0 Å². The molecule has 0 amide bonds. The third-order valence-corrected chi connectivity index (χ3v) is 10.4. The Morgan fingerprint density at radius 1 is 0.636 bits per heavy atom. The Labute approximate surface area is 341 Å². The van der Waals surface area contributed by atoms with Gasteiger partial charge in [0, 0.05) is 62.2 Å². The van der Waals surface area contributed by atoms with Crippen molar-refractivity contribution in [3.8, 4) is 17.3 Å². The summed E-state index contributed by atoms with van der Waals surface area (Å²) in [5, 5.41) is 2.25. The second-order valence-corrected chi connectivity index (χ2v) is 17.6. The summed E-state index contributed by atoms with van der Waals surface area (Å²) in [6.45, 7) is 23.2. The molecule has 0 N–H and O–H groups in total. The number of nitrogens with zero attached hydrogens (tertiary/aromatic N) is 4. The Kier molecular flexibility index (Phi) is 10.0. The van der Waals surface area contributed by atoms with Gasteiger partial charge in [-0.1, -0.05) is 122 Å². The summed E-state index contributed by atoms with van der Waals surface area (Å²) in [6.07, 6.45) is 1.91. The normalized spacial score (nSPS) is 13.3. The van der Waals surface area contributed by atoms with Crippen LogP contribution < -0.4 is 14.5 Å². The number of hydrogen-bond acceptors (Lipinski definition) is 4. The minimum Gasteiger partial charge on any atom is -0.509 e. The van der Waals surface area contributed by atoms with Crippen LogP contribution in [0.5, 0.6) is 11.5 Å². The molecule has 1 aliphatic rings. The number of fused-ring (bicyclic) bond motifs is 4. The van der Waals surface area contributed by atoms with Crippen molar-refractivity contribution < 1.29 is 25.8 Å². The van der Waals surface area contributed by atoms with Gasteiger partial charge in [0.1, 0.15) is 5.82 Å². The fourth-order valence-corrected chi connectivity index (χ4v) is 7.51. The molecule has 3 heterocycles. The second kappa shape index (κ2) is 14.3. The summed E-state index contributed by atoms with van der Waals surface area (Å²) in [7, 11) is 0. The molecule has 284 valence electrons. The second-order valence-electron chi connectivity index (χ2n) is 17.6. The Morgan fingerprint density at radius 2 is 1.33 bits per heavy atom. The summed E-state index contributed by atoms with van der Waals surface area (Å²) >= 11 is 0. The molecule has 0 fully saturated rings. The molecule has 0 saturated carbocycles. The van der Waals surface area contributed by atoms with E-state index in [1.165, 1.54) is 16.7 Å². The number of anilines is 3. The first-order valence-corrected chi connectivity index (χ1v) is 18.9. The Balaban J connectivity index is 0.00000465. The number of aromatic nitrogens is 2. The quantitative estimate of drug-likeness (QED) is 0.156. The summed E-state index contributed by atoms with van der Waals surface area (Å²) in [5.41, 5.74) is 10.2. The van der Waals surface area contributed by atoms with Gasteiger partial charge in [-0.05, 0) is 68.7 Å². The minimum absolute atomic E-state index is 0. The molecule has 0 atom stereocenters. The SMILES string of the molecule is CC(C)(C)c1cc(Oc2[c-]c3c(cc2)c2ccccc2n3-c2cc(C(C)(C)C)ccn2)[c-]c(N2[CH-]N(Cc3ccccc3C(C)(C)C)c3ccccc32)c1.[Pt]. The van der Waals surface area contributed by atoms with Gasteiger partial charge in [-0.3, -0.25) is 0 Å². The maximum Gasteiger partial charge on any atom is 0.135 e. The number of benzene rings is 5. The molecule has 0 aliphatic carbocycles. The number of rotatable bonds is 6. The molecule has 7 aromatic rings. The van der Waals surface area contributed by atoms with Crippen LogP contribution in [0.2, 0.25) is 0 Å². The largest absolute Gasteiger partial charge is 0.509 e. The van der Waals surface area contributed by atoms with E-state index >= 15 is 0 Å². The van der Waals surface area contributed by atoms with Crippen LogP contribution >= 0.6 is 0 Å². The first-order chi connectivity index (χ1) is 25.6. The van der Waals surface area contributed by atoms with Crippen LogP contribution in [0.4, 0.5) is 17.1 Å². The minimum atomic E-state index is -0.129. The van der Waals surface area contributed by atoms with Crippen LogP contribution in [0.1, 0.15) is 84.6 Å². The number of hydrogen-bond donors (Lipinski definition) is 0. The Morgan fingerprint density at radius 3 is 2.07 bits per heavy atom. The summed E-state index contributed by atoms with van der Waals surface area (Å²) in [4.78, 5) is 9.45. The molecule has 0 bridgehead atoms. The van der Waals surface area contributed by atoms with Crippen LogP contribution in [0.15, 0.2) is 115 Å². The molecule has 0 radical (unpaired) electrons. The zero-order valence-corrected chi connectivity index (χ0v) is 35.5. The summed E-state index contributed by atoms with van der Waals surface area (Å²) in [5.74, 6) is 2.13. The van der Waals surface area contributed by atoms with E-state index in [-0.39, 0.29) is 37.3 Å². The van der Waals surface area contributed by atoms with Gasteiger partial charge in [0.2, 0.25) is 0 Å². The van der Waals surface area contributed by atoms with Crippen molar-refractivity contribution >= 4 is 38.9 Å². The fraction of sp³-hybridized carbons (Fsp3) is 0.265. The molecular formula is C49H49N4OPt-3. The summed E-state index contributed by atoms with van der Waals surface area (Å²) < 4.78 is 8.96. The van der Waals surface area contributed by atoms with Gasteiger partial charge in [-0.15, -0.1) is 47.0 Å². The van der Waals surface area contributed by atoms with Gasteiger partial charge in [-0.25, -0.2) is 4.98 Å². The van der Waals surface area contributed by atoms with Crippen molar-refractivity contribution in [3.63, 3.8) is 0 Å². The number of para-hydroxylation sites is 3. The van der Waals surface area contributed by atoms with Crippen LogP contribution in [-0.2, 0) is 43.9 Å². The van der Waals surface area contributed by atoms with Gasteiger partial charge in [0.25, 0.3) is 0 Å². The third kappa shape index (κ3) is 7.44. The van der Waals surface area contributed by atoms with Crippen LogP contribution in [0, 0.1) is 18.8 Å². The predicted molar refractivity (Wildman–Crippen MR) is 224 cm³/mol. The maximum absolute atomic E-state index is 6.75. The van der Waals surface area contributed by atoms with Crippen LogP contribution in [0.3, 0.4) is 0 Å². The van der Waals surface area contributed by atoms with E-state index in [1.807, 2.05) is 12.3 Å². The average Bonchev–Trinajstić information content (AvgIpc) is 3.66. The van der Waals surface area contributed by atoms with E-state index < -0.39 is 0 Å². The van der Waals surface area contributed by atoms with E-state index in [2.05, 4.69) is 199 Å².